The molecule has 0 spiro atoms. The van der Waals surface area contributed by atoms with Crippen LogP contribution >= 0.6 is 11.6 Å². The van der Waals surface area contributed by atoms with Crippen LogP contribution in [-0.2, 0) is 4.74 Å². The topological polar surface area (TPSA) is 38.3 Å². The molecule has 0 aliphatic rings. The van der Waals surface area contributed by atoms with Crippen molar-refractivity contribution in [1.82, 2.24) is 5.32 Å². The first-order valence-corrected chi connectivity index (χ1v) is 5.60. The molecule has 0 aliphatic carbocycles. The van der Waals surface area contributed by atoms with E-state index >= 15 is 0 Å². The number of halogens is 1. The van der Waals surface area contributed by atoms with Gasteiger partial charge in [0, 0.05) is 6.54 Å². The zero-order valence-corrected chi connectivity index (χ0v) is 9.77. The maximum Gasteiger partial charge on any atom is 0.406 e. The third-order valence-corrected chi connectivity index (χ3v) is 2.40. The number of carbonyl (C=O) groups excluding carboxylic acids is 1. The van der Waals surface area contributed by atoms with Crippen LogP contribution in [0, 0.1) is 0 Å². The van der Waals surface area contributed by atoms with Crippen molar-refractivity contribution < 1.29 is 9.53 Å². The van der Waals surface area contributed by atoms with Gasteiger partial charge < -0.3 is 10.1 Å². The van der Waals surface area contributed by atoms with Crippen molar-refractivity contribution in [2.75, 3.05) is 13.7 Å². The van der Waals surface area contributed by atoms with Crippen LogP contribution in [0.4, 0.5) is 4.79 Å². The molecule has 0 rings (SSSR count). The molecular formula is C10H20ClNO2. The van der Waals surface area contributed by atoms with E-state index in [1.165, 1.54) is 26.4 Å². The Hall–Kier alpha value is -0.440. The molecule has 0 saturated carbocycles. The summed E-state index contributed by atoms with van der Waals surface area (Å²) in [6.45, 7) is 2.66. The number of rotatable bonds is 7. The van der Waals surface area contributed by atoms with Crippen molar-refractivity contribution in [3.8, 4) is 0 Å². The lowest BCUT2D eigenvalue weighted by atomic mass is 10.1. The molecule has 84 valence electrons. The molecule has 0 aliphatic heterocycles. The summed E-state index contributed by atoms with van der Waals surface area (Å²) in [5.74, 6) is 0. The summed E-state index contributed by atoms with van der Waals surface area (Å²) < 4.78 is 4.43. The van der Waals surface area contributed by atoms with Gasteiger partial charge in [-0.3, -0.25) is 0 Å². The number of carbonyl (C=O) groups is 1. The fourth-order valence-corrected chi connectivity index (χ4v) is 1.39. The maximum absolute atomic E-state index is 10.7. The predicted octanol–water partition coefficient (Wildman–Crippen LogP) is 2.92. The van der Waals surface area contributed by atoms with E-state index in [-0.39, 0.29) is 5.38 Å². The van der Waals surface area contributed by atoms with E-state index in [9.17, 15) is 4.79 Å². The Morgan fingerprint density at radius 1 is 1.43 bits per heavy atom. The number of alkyl halides is 1. The van der Waals surface area contributed by atoms with E-state index in [1.54, 1.807) is 0 Å². The summed E-state index contributed by atoms with van der Waals surface area (Å²) in [5.41, 5.74) is 0. The van der Waals surface area contributed by atoms with Crippen molar-refractivity contribution in [3.05, 3.63) is 0 Å². The second-order valence-corrected chi connectivity index (χ2v) is 3.94. The Bertz CT molecular complexity index is 153. The van der Waals surface area contributed by atoms with E-state index in [0.29, 0.717) is 6.54 Å². The number of unbranched alkanes of at least 4 members (excludes halogenated alkanes) is 3. The van der Waals surface area contributed by atoms with Gasteiger partial charge in [-0.2, -0.15) is 0 Å². The zero-order chi connectivity index (χ0) is 10.8. The zero-order valence-electron chi connectivity index (χ0n) is 9.01. The van der Waals surface area contributed by atoms with Crippen LogP contribution in [0.3, 0.4) is 0 Å². The Balaban J connectivity index is 3.27. The minimum Gasteiger partial charge on any atom is -0.453 e. The minimum atomic E-state index is -0.413. The van der Waals surface area contributed by atoms with Gasteiger partial charge in [0.05, 0.1) is 12.5 Å². The molecule has 0 aromatic heterocycles. The van der Waals surface area contributed by atoms with Gasteiger partial charge in [-0.1, -0.05) is 32.6 Å². The number of nitrogens with one attached hydrogen (secondary N) is 1. The first-order valence-electron chi connectivity index (χ1n) is 5.16. The molecule has 0 fully saturated rings. The van der Waals surface area contributed by atoms with Crippen LogP contribution in [0.1, 0.15) is 39.0 Å². The van der Waals surface area contributed by atoms with Crippen molar-refractivity contribution >= 4 is 17.7 Å². The highest BCUT2D eigenvalue weighted by atomic mass is 35.5. The van der Waals surface area contributed by atoms with E-state index < -0.39 is 6.09 Å². The number of hydrogen-bond acceptors (Lipinski definition) is 2. The fraction of sp³-hybridized carbons (Fsp3) is 0.900. The first-order chi connectivity index (χ1) is 6.70. The molecule has 0 bridgehead atoms. The third-order valence-electron chi connectivity index (χ3n) is 2.02. The molecule has 0 aromatic carbocycles. The van der Waals surface area contributed by atoms with Crippen molar-refractivity contribution in [1.29, 1.82) is 0 Å². The number of methoxy groups -OCH3 is 1. The molecule has 14 heavy (non-hydrogen) atoms. The van der Waals surface area contributed by atoms with E-state index in [2.05, 4.69) is 17.0 Å². The fourth-order valence-electron chi connectivity index (χ4n) is 1.16. The molecular weight excluding hydrogens is 202 g/mol. The smallest absolute Gasteiger partial charge is 0.406 e. The van der Waals surface area contributed by atoms with Crippen LogP contribution in [0.25, 0.3) is 0 Å². The highest BCUT2D eigenvalue weighted by Crippen LogP contribution is 2.09. The van der Waals surface area contributed by atoms with Gasteiger partial charge in [-0.05, 0) is 6.42 Å². The summed E-state index contributed by atoms with van der Waals surface area (Å²) in [5, 5.41) is 2.60. The Kier molecular flexibility index (Phi) is 8.84. The SMILES string of the molecule is CCCCCCC(Cl)CNC(=O)OC. The lowest BCUT2D eigenvalue weighted by Crippen LogP contribution is -2.29. The Morgan fingerprint density at radius 2 is 2.14 bits per heavy atom. The van der Waals surface area contributed by atoms with Gasteiger partial charge in [0.2, 0.25) is 0 Å². The minimum absolute atomic E-state index is 0.0194. The molecule has 0 radical (unpaired) electrons. The molecule has 4 heteroatoms. The summed E-state index contributed by atoms with van der Waals surface area (Å²) in [6, 6.07) is 0. The van der Waals surface area contributed by atoms with Crippen molar-refractivity contribution in [3.63, 3.8) is 0 Å². The summed E-state index contributed by atoms with van der Waals surface area (Å²) >= 11 is 5.99. The number of hydrogen-bond donors (Lipinski definition) is 1. The van der Waals surface area contributed by atoms with Crippen LogP contribution in [0.2, 0.25) is 0 Å². The number of amides is 1. The molecule has 0 aromatic rings. The monoisotopic (exact) mass is 221 g/mol. The van der Waals surface area contributed by atoms with Crippen LogP contribution in [-0.4, -0.2) is 25.1 Å². The molecule has 0 heterocycles. The first kappa shape index (κ1) is 13.6. The van der Waals surface area contributed by atoms with E-state index in [1.807, 2.05) is 0 Å². The van der Waals surface area contributed by atoms with Crippen LogP contribution in [0.5, 0.6) is 0 Å². The average molecular weight is 222 g/mol. The van der Waals surface area contributed by atoms with Crippen LogP contribution < -0.4 is 5.32 Å². The van der Waals surface area contributed by atoms with Crippen molar-refractivity contribution in [2.45, 2.75) is 44.4 Å². The van der Waals surface area contributed by atoms with Gasteiger partial charge in [-0.15, -0.1) is 11.6 Å². The quantitative estimate of drug-likeness (QED) is 0.530. The molecule has 1 unspecified atom stereocenters. The van der Waals surface area contributed by atoms with Gasteiger partial charge in [0.15, 0.2) is 0 Å². The highest BCUT2D eigenvalue weighted by Gasteiger charge is 2.06. The van der Waals surface area contributed by atoms with Gasteiger partial charge in [-0.25, -0.2) is 4.79 Å². The van der Waals surface area contributed by atoms with E-state index in [0.717, 1.165) is 12.8 Å². The standard InChI is InChI=1S/C10H20ClNO2/c1-3-4-5-6-7-9(11)8-12-10(13)14-2/h9H,3-8H2,1-2H3,(H,12,13). The van der Waals surface area contributed by atoms with Gasteiger partial charge in [0.1, 0.15) is 0 Å². The lowest BCUT2D eigenvalue weighted by Gasteiger charge is -2.09. The molecule has 1 atom stereocenters. The number of ether oxygens (including phenoxy) is 1. The largest absolute Gasteiger partial charge is 0.453 e. The van der Waals surface area contributed by atoms with Gasteiger partial charge >= 0.3 is 6.09 Å². The Morgan fingerprint density at radius 3 is 2.71 bits per heavy atom. The van der Waals surface area contributed by atoms with Gasteiger partial charge in [0.25, 0.3) is 0 Å². The number of alkyl carbamates (subject to hydrolysis) is 1. The van der Waals surface area contributed by atoms with Crippen LogP contribution in [0.15, 0.2) is 0 Å². The summed E-state index contributed by atoms with van der Waals surface area (Å²) in [6.07, 6.45) is 5.37. The molecule has 3 nitrogen and oxygen atoms in total. The lowest BCUT2D eigenvalue weighted by molar-refractivity contribution is 0.171. The highest BCUT2D eigenvalue weighted by molar-refractivity contribution is 6.20. The molecule has 1 N–H and O–H groups in total. The summed E-state index contributed by atoms with van der Waals surface area (Å²) in [4.78, 5) is 10.7. The molecule has 0 saturated heterocycles. The Labute approximate surface area is 91.2 Å². The average Bonchev–Trinajstić information content (AvgIpc) is 2.21. The van der Waals surface area contributed by atoms with Crippen molar-refractivity contribution in [2.24, 2.45) is 0 Å². The maximum atomic E-state index is 10.7. The summed E-state index contributed by atoms with van der Waals surface area (Å²) in [7, 11) is 1.35. The van der Waals surface area contributed by atoms with E-state index in [4.69, 9.17) is 11.6 Å². The second kappa shape index (κ2) is 9.13. The predicted molar refractivity (Wildman–Crippen MR) is 58.8 cm³/mol. The third kappa shape index (κ3) is 8.17. The molecule has 1 amide bonds. The normalized spacial score (nSPS) is 12.2. The second-order valence-electron chi connectivity index (χ2n) is 3.32.